The Morgan fingerprint density at radius 2 is 0.733 bits per heavy atom. The Bertz CT molecular complexity index is 1730. The van der Waals surface area contributed by atoms with Gasteiger partial charge in [0.05, 0.1) is 25.4 Å². The summed E-state index contributed by atoms with van der Waals surface area (Å²) in [4.78, 5) is 13.1. The molecular formula is C77H135NO8. The van der Waals surface area contributed by atoms with Gasteiger partial charge in [-0.3, -0.25) is 4.79 Å². The number of ether oxygens (including phenoxy) is 2. The zero-order chi connectivity index (χ0) is 62.1. The zero-order valence-electron chi connectivity index (χ0n) is 55.5. The smallest absolute Gasteiger partial charge is 0.220 e. The third kappa shape index (κ3) is 52.8. The van der Waals surface area contributed by atoms with Crippen LogP contribution in [0.3, 0.4) is 0 Å². The minimum absolute atomic E-state index is 0.191. The number of hydrogen-bond acceptors (Lipinski definition) is 8. The predicted molar refractivity (Wildman–Crippen MR) is 368 cm³/mol. The molecule has 7 unspecified atom stereocenters. The van der Waals surface area contributed by atoms with E-state index in [1.165, 1.54) is 212 Å². The first-order valence-electron chi connectivity index (χ1n) is 36.1. The molecule has 0 aromatic carbocycles. The lowest BCUT2D eigenvalue weighted by molar-refractivity contribution is -0.302. The second-order valence-electron chi connectivity index (χ2n) is 24.6. The van der Waals surface area contributed by atoms with Gasteiger partial charge in [-0.2, -0.15) is 0 Å². The highest BCUT2D eigenvalue weighted by molar-refractivity contribution is 5.76. The molecule has 1 saturated heterocycles. The molecule has 9 heteroatoms. The van der Waals surface area contributed by atoms with Crippen LogP contribution in [0.25, 0.3) is 0 Å². The van der Waals surface area contributed by atoms with Crippen LogP contribution in [-0.4, -0.2) is 87.5 Å². The molecule has 0 spiro atoms. The third-order valence-corrected chi connectivity index (χ3v) is 16.6. The summed E-state index contributed by atoms with van der Waals surface area (Å²) in [7, 11) is 0. The molecule has 0 aliphatic carbocycles. The molecule has 86 heavy (non-hydrogen) atoms. The van der Waals surface area contributed by atoms with Crippen molar-refractivity contribution in [3.05, 3.63) is 109 Å². The number of aliphatic hydroxyl groups is 5. The molecule has 0 aromatic heterocycles. The molecule has 1 heterocycles. The molecule has 7 atom stereocenters. The van der Waals surface area contributed by atoms with E-state index in [0.717, 1.165) is 83.5 Å². The number of carbonyl (C=O) groups is 1. The largest absolute Gasteiger partial charge is 0.394 e. The van der Waals surface area contributed by atoms with Crippen LogP contribution >= 0.6 is 0 Å². The Labute approximate surface area is 529 Å². The number of amides is 1. The fraction of sp³-hybridized carbons (Fsp3) is 0.753. The van der Waals surface area contributed by atoms with Crippen molar-refractivity contribution in [3.8, 4) is 0 Å². The lowest BCUT2D eigenvalue weighted by atomic mass is 9.99. The Balaban J connectivity index is 2.15. The molecule has 1 fully saturated rings. The number of aliphatic hydroxyl groups excluding tert-OH is 5. The van der Waals surface area contributed by atoms with E-state index in [4.69, 9.17) is 9.47 Å². The van der Waals surface area contributed by atoms with E-state index < -0.39 is 49.5 Å². The molecule has 9 nitrogen and oxygen atoms in total. The van der Waals surface area contributed by atoms with Crippen LogP contribution < -0.4 is 5.32 Å². The van der Waals surface area contributed by atoms with Crippen LogP contribution in [0.1, 0.15) is 316 Å². The number of unbranched alkanes of at least 4 members (excludes halogenated alkanes) is 36. The zero-order valence-corrected chi connectivity index (χ0v) is 55.5. The maximum absolute atomic E-state index is 13.1. The molecule has 1 rings (SSSR count). The monoisotopic (exact) mass is 1200 g/mol. The Morgan fingerprint density at radius 3 is 1.12 bits per heavy atom. The van der Waals surface area contributed by atoms with Crippen molar-refractivity contribution in [3.63, 3.8) is 0 Å². The van der Waals surface area contributed by atoms with Gasteiger partial charge in [0.15, 0.2) is 6.29 Å². The predicted octanol–water partition coefficient (Wildman–Crippen LogP) is 20.0. The number of carbonyl (C=O) groups excluding carboxylic acids is 1. The minimum atomic E-state index is -1.58. The summed E-state index contributed by atoms with van der Waals surface area (Å²) >= 11 is 0. The molecule has 1 aliphatic rings. The summed E-state index contributed by atoms with van der Waals surface area (Å²) in [5.41, 5.74) is 0. The number of allylic oxidation sites excluding steroid dienone is 17. The van der Waals surface area contributed by atoms with Crippen LogP contribution in [-0.2, 0) is 14.3 Å². The minimum Gasteiger partial charge on any atom is -0.394 e. The molecule has 0 aromatic rings. The molecule has 496 valence electrons. The van der Waals surface area contributed by atoms with E-state index in [2.05, 4.69) is 116 Å². The van der Waals surface area contributed by atoms with E-state index >= 15 is 0 Å². The highest BCUT2D eigenvalue weighted by Gasteiger charge is 2.44. The van der Waals surface area contributed by atoms with E-state index in [-0.39, 0.29) is 12.5 Å². The van der Waals surface area contributed by atoms with Crippen molar-refractivity contribution >= 4 is 5.91 Å². The quantitative estimate of drug-likeness (QED) is 0.0261. The van der Waals surface area contributed by atoms with Crippen LogP contribution in [0.4, 0.5) is 0 Å². The molecular weight excluding hydrogens is 1070 g/mol. The standard InChI is InChI=1S/C77H135NO8/c1-3-5-7-9-11-13-15-17-19-21-23-25-27-29-31-33-34-35-36-37-38-39-41-43-45-47-49-51-53-55-57-59-61-63-65-67-73(81)78-70(69-85-77-76(84)75(83)74(82)72(68-79)86-77)71(80)66-64-62-60-58-56-54-52-50-48-46-44-42-40-32-30-28-26-24-22-20-18-16-14-12-10-8-6-4-2/h5,7,11,13,17,19,23,25,29,31,34-35,48,50,56,58,64,66,70-72,74-77,79-80,82-84H,3-4,6,8-10,12,14-16,18,20-22,24,26-28,30,32-33,36-47,49,51-55,57,59-63,65,67-69H2,1-2H3,(H,78,81)/b7-5-,13-11-,19-17-,25-23-,31-29-,35-34-,50-48+,58-56+,66-64+. The Kier molecular flexibility index (Phi) is 61.0. The maximum atomic E-state index is 13.1. The van der Waals surface area contributed by atoms with Gasteiger partial charge in [-0.1, -0.05) is 322 Å². The summed E-state index contributed by atoms with van der Waals surface area (Å²) in [6.45, 7) is 3.67. The molecule has 6 N–H and O–H groups in total. The van der Waals surface area contributed by atoms with Gasteiger partial charge < -0.3 is 40.3 Å². The van der Waals surface area contributed by atoms with Gasteiger partial charge in [0.25, 0.3) is 0 Å². The first-order chi connectivity index (χ1) is 42.3. The summed E-state index contributed by atoms with van der Waals surface area (Å²) in [5.74, 6) is -0.191. The van der Waals surface area contributed by atoms with Gasteiger partial charge in [-0.25, -0.2) is 0 Å². The molecule has 1 amide bonds. The maximum Gasteiger partial charge on any atom is 0.220 e. The number of nitrogens with one attached hydrogen (secondary N) is 1. The Morgan fingerprint density at radius 1 is 0.407 bits per heavy atom. The highest BCUT2D eigenvalue weighted by Crippen LogP contribution is 2.23. The normalized spacial score (nSPS) is 18.7. The van der Waals surface area contributed by atoms with Gasteiger partial charge in [0, 0.05) is 6.42 Å². The average Bonchev–Trinajstić information content (AvgIpc) is 3.65. The topological polar surface area (TPSA) is 149 Å². The van der Waals surface area contributed by atoms with Crippen LogP contribution in [0.5, 0.6) is 0 Å². The average molecular weight is 1200 g/mol. The SMILES string of the molecule is CC/C=C\C/C=C\C/C=C\C/C=C\C/C=C\C/C=C\CCCCCCCCCCCCCCCCCCC(=O)NC(COC1OC(CO)C(O)C(O)C1O)C(O)/C=C/CC/C=C/CC/C=C/CCCCCCCCCCCCCCCCCCCC. The van der Waals surface area contributed by atoms with Crippen molar-refractivity contribution in [2.75, 3.05) is 13.2 Å². The highest BCUT2D eigenvalue weighted by atomic mass is 16.7. The van der Waals surface area contributed by atoms with Crippen LogP contribution in [0.15, 0.2) is 109 Å². The van der Waals surface area contributed by atoms with Gasteiger partial charge in [-0.05, 0) is 96.3 Å². The first-order valence-corrected chi connectivity index (χ1v) is 36.1. The van der Waals surface area contributed by atoms with Gasteiger partial charge in [0.1, 0.15) is 24.4 Å². The van der Waals surface area contributed by atoms with Crippen molar-refractivity contribution in [2.45, 2.75) is 358 Å². The summed E-state index contributed by atoms with van der Waals surface area (Å²) < 4.78 is 11.3. The summed E-state index contributed by atoms with van der Waals surface area (Å²) in [5, 5.41) is 54.8. The van der Waals surface area contributed by atoms with E-state index in [1.807, 2.05) is 6.08 Å². The summed E-state index contributed by atoms with van der Waals surface area (Å²) in [6, 6.07) is -0.836. The van der Waals surface area contributed by atoms with Crippen molar-refractivity contribution in [2.24, 2.45) is 0 Å². The molecule has 0 saturated carbocycles. The number of hydrogen-bond donors (Lipinski definition) is 6. The lowest BCUT2D eigenvalue weighted by Gasteiger charge is -2.40. The second-order valence-corrected chi connectivity index (χ2v) is 24.6. The van der Waals surface area contributed by atoms with Crippen LogP contribution in [0, 0.1) is 0 Å². The van der Waals surface area contributed by atoms with Gasteiger partial charge in [0.2, 0.25) is 5.91 Å². The molecule has 0 bridgehead atoms. The summed E-state index contributed by atoms with van der Waals surface area (Å²) in [6.07, 6.45) is 89.1. The fourth-order valence-electron chi connectivity index (χ4n) is 11.0. The van der Waals surface area contributed by atoms with E-state index in [9.17, 15) is 30.3 Å². The first kappa shape index (κ1) is 80.9. The molecule has 0 radical (unpaired) electrons. The second kappa shape index (κ2) is 64.8. The van der Waals surface area contributed by atoms with Crippen molar-refractivity contribution in [1.82, 2.24) is 5.32 Å². The van der Waals surface area contributed by atoms with Crippen molar-refractivity contribution in [1.29, 1.82) is 0 Å². The van der Waals surface area contributed by atoms with E-state index in [0.29, 0.717) is 6.42 Å². The van der Waals surface area contributed by atoms with Crippen LogP contribution in [0.2, 0.25) is 0 Å². The number of rotatable bonds is 62. The van der Waals surface area contributed by atoms with Crippen molar-refractivity contribution < 1.29 is 39.8 Å². The van der Waals surface area contributed by atoms with Gasteiger partial charge in [-0.15, -0.1) is 0 Å². The molecule has 1 aliphatic heterocycles. The lowest BCUT2D eigenvalue weighted by Crippen LogP contribution is -2.60. The van der Waals surface area contributed by atoms with E-state index in [1.54, 1.807) is 6.08 Å². The van der Waals surface area contributed by atoms with Gasteiger partial charge >= 0.3 is 0 Å². The fourth-order valence-corrected chi connectivity index (χ4v) is 11.0. The third-order valence-electron chi connectivity index (χ3n) is 16.6. The Hall–Kier alpha value is -3.15.